The van der Waals surface area contributed by atoms with Crippen LogP contribution in [-0.2, 0) is 14.3 Å². The van der Waals surface area contributed by atoms with Crippen molar-refractivity contribution in [2.45, 2.75) is 51.6 Å². The van der Waals surface area contributed by atoms with Crippen molar-refractivity contribution in [2.75, 3.05) is 18.5 Å². The molecule has 6 heteroatoms. The van der Waals surface area contributed by atoms with Gasteiger partial charge in [-0.15, -0.1) is 0 Å². The Morgan fingerprint density at radius 2 is 1.74 bits per heavy atom. The van der Waals surface area contributed by atoms with Gasteiger partial charge in [-0.1, -0.05) is 12.1 Å². The second-order valence-corrected chi connectivity index (χ2v) is 7.55. The first kappa shape index (κ1) is 19.5. The smallest absolute Gasteiger partial charge is 0.227 e. The van der Waals surface area contributed by atoms with Gasteiger partial charge in [0.1, 0.15) is 0 Å². The summed E-state index contributed by atoms with van der Waals surface area (Å²) >= 11 is 0. The van der Waals surface area contributed by atoms with E-state index in [2.05, 4.69) is 10.6 Å². The Labute approximate surface area is 160 Å². The highest BCUT2D eigenvalue weighted by atomic mass is 16.5. The predicted molar refractivity (Wildman–Crippen MR) is 103 cm³/mol. The molecule has 1 saturated carbocycles. The van der Waals surface area contributed by atoms with Gasteiger partial charge in [0, 0.05) is 36.2 Å². The lowest BCUT2D eigenvalue weighted by Gasteiger charge is -2.27. The van der Waals surface area contributed by atoms with Crippen LogP contribution in [0.3, 0.4) is 0 Å². The number of amides is 2. The van der Waals surface area contributed by atoms with Crippen LogP contribution in [0.25, 0.3) is 0 Å². The molecule has 1 unspecified atom stereocenters. The number of carbonyl (C=O) groups is 3. The zero-order valence-electron chi connectivity index (χ0n) is 15.8. The number of hydrogen-bond acceptors (Lipinski definition) is 4. The molecule has 6 nitrogen and oxygen atoms in total. The zero-order chi connectivity index (χ0) is 19.2. The maximum Gasteiger partial charge on any atom is 0.227 e. The molecule has 2 N–H and O–H groups in total. The summed E-state index contributed by atoms with van der Waals surface area (Å²) in [6.07, 6.45) is 5.09. The van der Waals surface area contributed by atoms with E-state index in [1.165, 1.54) is 6.92 Å². The fourth-order valence-corrected chi connectivity index (χ4v) is 3.84. The lowest BCUT2D eigenvalue weighted by Crippen LogP contribution is -2.38. The van der Waals surface area contributed by atoms with E-state index in [-0.39, 0.29) is 35.5 Å². The molecule has 0 radical (unpaired) electrons. The molecule has 146 valence electrons. The number of benzene rings is 1. The number of anilines is 1. The largest absolute Gasteiger partial charge is 0.376 e. The van der Waals surface area contributed by atoms with E-state index in [0.29, 0.717) is 30.6 Å². The maximum atomic E-state index is 12.5. The summed E-state index contributed by atoms with van der Waals surface area (Å²) in [6.45, 7) is 2.88. The molecule has 1 aliphatic heterocycles. The fourth-order valence-electron chi connectivity index (χ4n) is 3.84. The average Bonchev–Trinajstić information content (AvgIpc) is 3.20. The molecular weight excluding hydrogens is 344 g/mol. The monoisotopic (exact) mass is 372 g/mol. The minimum absolute atomic E-state index is 0.0171. The van der Waals surface area contributed by atoms with Gasteiger partial charge in [0.15, 0.2) is 5.78 Å². The first-order valence-electron chi connectivity index (χ1n) is 9.84. The highest BCUT2D eigenvalue weighted by Crippen LogP contribution is 2.30. The van der Waals surface area contributed by atoms with Gasteiger partial charge in [0.2, 0.25) is 11.8 Å². The number of Topliss-reactive ketones (excluding diaryl/α,β-unsaturated/α-hetero) is 1. The highest BCUT2D eigenvalue weighted by molar-refractivity contribution is 5.97. The molecule has 0 spiro atoms. The van der Waals surface area contributed by atoms with Gasteiger partial charge in [-0.25, -0.2) is 0 Å². The number of carbonyl (C=O) groups excluding carboxylic acids is 3. The molecule has 1 heterocycles. The van der Waals surface area contributed by atoms with Gasteiger partial charge in [0.05, 0.1) is 6.10 Å². The van der Waals surface area contributed by atoms with Gasteiger partial charge >= 0.3 is 0 Å². The maximum absolute atomic E-state index is 12.5. The fraction of sp³-hybridized carbons (Fsp3) is 0.571. The van der Waals surface area contributed by atoms with E-state index >= 15 is 0 Å². The topological polar surface area (TPSA) is 84.5 Å². The van der Waals surface area contributed by atoms with Crippen LogP contribution in [0.4, 0.5) is 5.69 Å². The first-order valence-corrected chi connectivity index (χ1v) is 9.84. The molecule has 27 heavy (non-hydrogen) atoms. The van der Waals surface area contributed by atoms with Crippen molar-refractivity contribution < 1.29 is 19.1 Å². The summed E-state index contributed by atoms with van der Waals surface area (Å²) in [5.74, 6) is -0.0854. The molecule has 1 saturated heterocycles. The number of nitrogens with one attached hydrogen (secondary N) is 2. The van der Waals surface area contributed by atoms with Gasteiger partial charge < -0.3 is 15.4 Å². The molecule has 1 aliphatic carbocycles. The number of ether oxygens (including phenoxy) is 1. The Balaban J connectivity index is 1.44. The third-order valence-corrected chi connectivity index (χ3v) is 5.53. The molecule has 2 amide bonds. The zero-order valence-corrected chi connectivity index (χ0v) is 15.8. The molecule has 2 fully saturated rings. The third kappa shape index (κ3) is 5.39. The van der Waals surface area contributed by atoms with Gasteiger partial charge in [0.25, 0.3) is 0 Å². The van der Waals surface area contributed by atoms with Crippen LogP contribution in [0.2, 0.25) is 0 Å². The Hall–Kier alpha value is -2.21. The van der Waals surface area contributed by atoms with Gasteiger partial charge in [-0.2, -0.15) is 0 Å². The SMILES string of the molecule is CC(=O)c1cccc(NC(=O)C2CCC(C(=O)NCC3CCCO3)CC2)c1. The summed E-state index contributed by atoms with van der Waals surface area (Å²) in [6, 6.07) is 6.99. The van der Waals surface area contributed by atoms with Crippen LogP contribution in [0.1, 0.15) is 55.8 Å². The second kappa shape index (κ2) is 9.13. The Kier molecular flexibility index (Phi) is 6.61. The Bertz CT molecular complexity index is 689. The molecule has 0 bridgehead atoms. The van der Waals surface area contributed by atoms with Crippen molar-refractivity contribution in [3.05, 3.63) is 29.8 Å². The van der Waals surface area contributed by atoms with E-state index < -0.39 is 0 Å². The van der Waals surface area contributed by atoms with Crippen LogP contribution >= 0.6 is 0 Å². The minimum Gasteiger partial charge on any atom is -0.376 e. The number of ketones is 1. The van der Waals surface area contributed by atoms with E-state index in [1.54, 1.807) is 24.3 Å². The van der Waals surface area contributed by atoms with E-state index in [1.807, 2.05) is 0 Å². The molecule has 1 aromatic carbocycles. The first-order chi connectivity index (χ1) is 13.0. The summed E-state index contributed by atoms with van der Waals surface area (Å²) < 4.78 is 5.53. The summed E-state index contributed by atoms with van der Waals surface area (Å²) in [5.41, 5.74) is 1.23. The number of hydrogen-bond donors (Lipinski definition) is 2. The highest BCUT2D eigenvalue weighted by Gasteiger charge is 2.30. The third-order valence-electron chi connectivity index (χ3n) is 5.53. The van der Waals surface area contributed by atoms with E-state index in [0.717, 1.165) is 32.3 Å². The van der Waals surface area contributed by atoms with Crippen LogP contribution in [-0.4, -0.2) is 36.9 Å². The van der Waals surface area contributed by atoms with Crippen molar-refractivity contribution in [1.29, 1.82) is 0 Å². The van der Waals surface area contributed by atoms with E-state index in [9.17, 15) is 14.4 Å². The summed E-state index contributed by atoms with van der Waals surface area (Å²) in [4.78, 5) is 36.3. The normalized spacial score (nSPS) is 25.0. The molecular formula is C21H28N2O4. The van der Waals surface area contributed by atoms with Crippen LogP contribution < -0.4 is 10.6 Å². The van der Waals surface area contributed by atoms with Gasteiger partial charge in [-0.05, 0) is 57.6 Å². The van der Waals surface area contributed by atoms with Crippen molar-refractivity contribution >= 4 is 23.3 Å². The lowest BCUT2D eigenvalue weighted by atomic mass is 9.81. The second-order valence-electron chi connectivity index (χ2n) is 7.55. The average molecular weight is 372 g/mol. The number of rotatable bonds is 6. The van der Waals surface area contributed by atoms with Crippen molar-refractivity contribution in [3.63, 3.8) is 0 Å². The summed E-state index contributed by atoms with van der Waals surface area (Å²) in [7, 11) is 0. The minimum atomic E-state index is -0.0896. The van der Waals surface area contributed by atoms with Crippen molar-refractivity contribution in [1.82, 2.24) is 5.32 Å². The van der Waals surface area contributed by atoms with Crippen LogP contribution in [0, 0.1) is 11.8 Å². The lowest BCUT2D eigenvalue weighted by molar-refractivity contribution is -0.128. The Morgan fingerprint density at radius 1 is 1.04 bits per heavy atom. The standard InChI is InChI=1S/C21H28N2O4/c1-14(24)17-4-2-5-18(12-17)23-21(26)16-9-7-15(8-10-16)20(25)22-13-19-6-3-11-27-19/h2,4-5,12,15-16,19H,3,6-11,13H2,1H3,(H,22,25)(H,23,26). The molecule has 0 aromatic heterocycles. The Morgan fingerprint density at radius 3 is 2.37 bits per heavy atom. The van der Waals surface area contributed by atoms with Gasteiger partial charge in [-0.3, -0.25) is 14.4 Å². The molecule has 1 atom stereocenters. The van der Waals surface area contributed by atoms with Crippen LogP contribution in [0.5, 0.6) is 0 Å². The van der Waals surface area contributed by atoms with Crippen LogP contribution in [0.15, 0.2) is 24.3 Å². The summed E-state index contributed by atoms with van der Waals surface area (Å²) in [5, 5.41) is 5.90. The van der Waals surface area contributed by atoms with Crippen molar-refractivity contribution in [2.24, 2.45) is 11.8 Å². The molecule has 1 aromatic rings. The quantitative estimate of drug-likeness (QED) is 0.752. The van der Waals surface area contributed by atoms with Crippen molar-refractivity contribution in [3.8, 4) is 0 Å². The van der Waals surface area contributed by atoms with E-state index in [4.69, 9.17) is 4.74 Å². The predicted octanol–water partition coefficient (Wildman–Crippen LogP) is 2.93. The molecule has 3 rings (SSSR count). The molecule has 2 aliphatic rings.